The number of aromatic hydroxyl groups is 1. The minimum Gasteiger partial charge on any atom is -0.494 e. The summed E-state index contributed by atoms with van der Waals surface area (Å²) in [6.07, 6.45) is 0. The van der Waals surface area contributed by atoms with Gasteiger partial charge in [0.2, 0.25) is 5.88 Å². The molecule has 1 aromatic carbocycles. The number of carbonyl (C=O) groups excluding carboxylic acids is 1. The topological polar surface area (TPSA) is 59.3 Å². The first-order valence-corrected chi connectivity index (χ1v) is 6.09. The molecule has 1 aromatic heterocycles. The van der Waals surface area contributed by atoms with Crippen LogP contribution in [0.1, 0.15) is 28.4 Å². The number of aromatic nitrogens is 1. The largest absolute Gasteiger partial charge is 0.494 e. The average molecular weight is 257 g/mol. The van der Waals surface area contributed by atoms with Gasteiger partial charge in [-0.05, 0) is 19.4 Å². The van der Waals surface area contributed by atoms with E-state index >= 15 is 0 Å². The summed E-state index contributed by atoms with van der Waals surface area (Å²) >= 11 is 0. The zero-order valence-electron chi connectivity index (χ0n) is 10.9. The summed E-state index contributed by atoms with van der Waals surface area (Å²) in [6.45, 7) is 3.71. The molecule has 0 aliphatic rings. The van der Waals surface area contributed by atoms with E-state index in [1.165, 1.54) is 10.6 Å². The van der Waals surface area contributed by atoms with Crippen LogP contribution in [0.3, 0.4) is 0 Å². The molecule has 1 N–H and O–H groups in total. The third kappa shape index (κ3) is 2.29. The third-order valence-electron chi connectivity index (χ3n) is 3.06. The van der Waals surface area contributed by atoms with Crippen molar-refractivity contribution in [1.82, 2.24) is 4.57 Å². The fourth-order valence-corrected chi connectivity index (χ4v) is 2.07. The molecular formula is C15H15NO3. The fraction of sp³-hybridized carbons (Fsp3) is 0.200. The van der Waals surface area contributed by atoms with E-state index in [9.17, 15) is 14.7 Å². The van der Waals surface area contributed by atoms with Gasteiger partial charge >= 0.3 is 0 Å². The molecule has 0 saturated carbocycles. The van der Waals surface area contributed by atoms with Gasteiger partial charge in [0.1, 0.15) is 0 Å². The van der Waals surface area contributed by atoms with Crippen LogP contribution in [0.15, 0.2) is 41.2 Å². The van der Waals surface area contributed by atoms with Gasteiger partial charge in [-0.15, -0.1) is 0 Å². The molecule has 1 heterocycles. The Morgan fingerprint density at radius 1 is 1.26 bits per heavy atom. The highest BCUT2D eigenvalue weighted by Crippen LogP contribution is 2.22. The van der Waals surface area contributed by atoms with Crippen LogP contribution in [0.25, 0.3) is 0 Å². The average Bonchev–Trinajstić information content (AvgIpc) is 2.39. The highest BCUT2D eigenvalue weighted by atomic mass is 16.3. The lowest BCUT2D eigenvalue weighted by atomic mass is 10.0. The maximum Gasteiger partial charge on any atom is 0.253 e. The van der Waals surface area contributed by atoms with Crippen molar-refractivity contribution in [2.24, 2.45) is 0 Å². The Hall–Kier alpha value is -2.36. The summed E-state index contributed by atoms with van der Waals surface area (Å²) in [5, 5.41) is 10.1. The molecular weight excluding hydrogens is 242 g/mol. The van der Waals surface area contributed by atoms with Gasteiger partial charge in [0.25, 0.3) is 5.56 Å². The molecule has 4 heteroatoms. The lowest BCUT2D eigenvalue weighted by molar-refractivity contribution is 0.103. The molecule has 2 rings (SSSR count). The van der Waals surface area contributed by atoms with Gasteiger partial charge in [-0.2, -0.15) is 0 Å². The van der Waals surface area contributed by atoms with Crippen LogP contribution in [0, 0.1) is 6.92 Å². The molecule has 19 heavy (non-hydrogen) atoms. The molecule has 0 atom stereocenters. The first kappa shape index (κ1) is 13.1. The molecule has 2 aromatic rings. The number of rotatable bonds is 3. The molecule has 0 fully saturated rings. The molecule has 4 nitrogen and oxygen atoms in total. The Morgan fingerprint density at radius 2 is 1.89 bits per heavy atom. The van der Waals surface area contributed by atoms with Gasteiger partial charge in [-0.25, -0.2) is 0 Å². The van der Waals surface area contributed by atoms with E-state index < -0.39 is 0 Å². The number of nitrogens with zero attached hydrogens (tertiary/aromatic N) is 1. The number of benzene rings is 1. The van der Waals surface area contributed by atoms with Crippen molar-refractivity contribution >= 4 is 5.78 Å². The molecule has 0 radical (unpaired) electrons. The van der Waals surface area contributed by atoms with Crippen molar-refractivity contribution in [1.29, 1.82) is 0 Å². The first-order valence-electron chi connectivity index (χ1n) is 6.09. The van der Waals surface area contributed by atoms with Gasteiger partial charge in [-0.1, -0.05) is 30.3 Å². The lowest BCUT2D eigenvalue weighted by Gasteiger charge is -2.12. The van der Waals surface area contributed by atoms with Gasteiger partial charge in [-0.3, -0.25) is 14.2 Å². The molecule has 0 amide bonds. The molecule has 0 aliphatic carbocycles. The normalized spacial score (nSPS) is 10.4. The number of aryl methyl sites for hydroxylation is 1. The van der Waals surface area contributed by atoms with Gasteiger partial charge in [0, 0.05) is 18.2 Å². The van der Waals surface area contributed by atoms with Crippen molar-refractivity contribution in [2.45, 2.75) is 20.4 Å². The van der Waals surface area contributed by atoms with Crippen LogP contribution in [0.2, 0.25) is 0 Å². The zero-order valence-corrected chi connectivity index (χ0v) is 10.9. The number of ketones is 1. The molecule has 0 saturated heterocycles. The predicted molar refractivity (Wildman–Crippen MR) is 72.7 cm³/mol. The maximum atomic E-state index is 12.4. The van der Waals surface area contributed by atoms with Crippen molar-refractivity contribution in [3.05, 3.63) is 63.4 Å². The standard InChI is InChI=1S/C15H15NO3/c1-3-16-12(17)9-10(2)13(15(16)19)14(18)11-7-5-4-6-8-11/h4-9,19H,3H2,1-2H3. The van der Waals surface area contributed by atoms with Crippen LogP contribution < -0.4 is 5.56 Å². The fourth-order valence-electron chi connectivity index (χ4n) is 2.07. The quantitative estimate of drug-likeness (QED) is 0.857. The third-order valence-corrected chi connectivity index (χ3v) is 3.06. The van der Waals surface area contributed by atoms with E-state index in [0.29, 0.717) is 17.7 Å². The second kappa shape index (κ2) is 5.10. The summed E-state index contributed by atoms with van der Waals surface area (Å²) < 4.78 is 1.18. The molecule has 0 unspecified atom stereocenters. The van der Waals surface area contributed by atoms with Crippen LogP contribution in [-0.4, -0.2) is 15.5 Å². The lowest BCUT2D eigenvalue weighted by Crippen LogP contribution is -2.22. The Balaban J connectivity index is 2.64. The second-order valence-corrected chi connectivity index (χ2v) is 4.30. The Morgan fingerprint density at radius 3 is 2.47 bits per heavy atom. The smallest absolute Gasteiger partial charge is 0.253 e. The number of pyridine rings is 1. The Labute approximate surface area is 110 Å². The Kier molecular flexibility index (Phi) is 3.51. The van der Waals surface area contributed by atoms with Crippen LogP contribution in [0.5, 0.6) is 5.88 Å². The van der Waals surface area contributed by atoms with E-state index in [2.05, 4.69) is 0 Å². The van der Waals surface area contributed by atoms with Crippen LogP contribution in [0.4, 0.5) is 0 Å². The molecule has 0 bridgehead atoms. The van der Waals surface area contributed by atoms with Crippen LogP contribution in [-0.2, 0) is 6.54 Å². The van der Waals surface area contributed by atoms with E-state index in [1.54, 1.807) is 38.1 Å². The summed E-state index contributed by atoms with van der Waals surface area (Å²) in [7, 11) is 0. The maximum absolute atomic E-state index is 12.4. The summed E-state index contributed by atoms with van der Waals surface area (Å²) in [5.74, 6) is -0.542. The van der Waals surface area contributed by atoms with E-state index in [4.69, 9.17) is 0 Å². The van der Waals surface area contributed by atoms with E-state index in [-0.39, 0.29) is 22.8 Å². The Bertz CT molecular complexity index is 672. The first-order chi connectivity index (χ1) is 9.06. The minimum absolute atomic E-state index is 0.188. The number of carbonyl (C=O) groups is 1. The second-order valence-electron chi connectivity index (χ2n) is 4.30. The summed E-state index contributed by atoms with van der Waals surface area (Å²) in [5.41, 5.74) is 0.859. The monoisotopic (exact) mass is 257 g/mol. The van der Waals surface area contributed by atoms with E-state index in [0.717, 1.165) is 0 Å². The minimum atomic E-state index is -0.304. The highest BCUT2D eigenvalue weighted by molar-refractivity contribution is 6.11. The van der Waals surface area contributed by atoms with Gasteiger partial charge in [0.05, 0.1) is 5.56 Å². The van der Waals surface area contributed by atoms with Crippen molar-refractivity contribution in [3.8, 4) is 5.88 Å². The van der Waals surface area contributed by atoms with Crippen molar-refractivity contribution in [3.63, 3.8) is 0 Å². The molecule has 0 spiro atoms. The highest BCUT2D eigenvalue weighted by Gasteiger charge is 2.19. The summed E-state index contributed by atoms with van der Waals surface area (Å²) in [4.78, 5) is 24.1. The predicted octanol–water partition coefficient (Wildman–Crippen LogP) is 2.11. The molecule has 98 valence electrons. The number of hydrogen-bond acceptors (Lipinski definition) is 3. The van der Waals surface area contributed by atoms with Crippen molar-refractivity contribution in [2.75, 3.05) is 0 Å². The van der Waals surface area contributed by atoms with Gasteiger partial charge < -0.3 is 5.11 Å². The van der Waals surface area contributed by atoms with E-state index in [1.807, 2.05) is 6.07 Å². The summed E-state index contributed by atoms with van der Waals surface area (Å²) in [6, 6.07) is 10.1. The van der Waals surface area contributed by atoms with Gasteiger partial charge in [0.15, 0.2) is 5.78 Å². The van der Waals surface area contributed by atoms with Crippen LogP contribution >= 0.6 is 0 Å². The zero-order chi connectivity index (χ0) is 14.0. The van der Waals surface area contributed by atoms with Crippen molar-refractivity contribution < 1.29 is 9.90 Å². The number of hydrogen-bond donors (Lipinski definition) is 1. The SMILES string of the molecule is CCn1c(O)c(C(=O)c2ccccc2)c(C)cc1=O. The molecule has 0 aliphatic heterocycles.